The van der Waals surface area contributed by atoms with Gasteiger partial charge in [0.1, 0.15) is 0 Å². The first-order chi connectivity index (χ1) is 5.79. The highest BCUT2D eigenvalue weighted by Crippen LogP contribution is 2.30. The Hall–Kier alpha value is 0.170. The zero-order valence-corrected chi connectivity index (χ0v) is 8.87. The molecule has 0 radical (unpaired) electrons. The molecule has 1 aliphatic heterocycles. The number of rotatable bonds is 3. The lowest BCUT2D eigenvalue weighted by atomic mass is 9.94. The molecule has 0 bridgehead atoms. The smallest absolute Gasteiger partial charge is 0.309 e. The van der Waals surface area contributed by atoms with E-state index < -0.39 is 0 Å². The van der Waals surface area contributed by atoms with E-state index in [9.17, 15) is 4.79 Å². The monoisotopic (exact) mass is 206 g/mol. The highest BCUT2D eigenvalue weighted by atomic mass is 32.2. The Balaban J connectivity index is 2.48. The van der Waals surface area contributed by atoms with Crippen LogP contribution in [0.3, 0.4) is 0 Å². The first-order valence-electron chi connectivity index (χ1n) is 4.06. The van der Waals surface area contributed by atoms with Crippen LogP contribution in [0, 0.1) is 11.8 Å². The highest BCUT2D eigenvalue weighted by Gasteiger charge is 2.30. The molecule has 70 valence electrons. The van der Waals surface area contributed by atoms with Crippen molar-refractivity contribution in [2.75, 3.05) is 24.4 Å². The molecule has 0 N–H and O–H groups in total. The molecule has 0 spiro atoms. The van der Waals surface area contributed by atoms with Crippen molar-refractivity contribution in [3.05, 3.63) is 0 Å². The van der Waals surface area contributed by atoms with Gasteiger partial charge in [-0.3, -0.25) is 4.79 Å². The standard InChI is InChI=1S/C8H14O2S2/c1-10-8(9)7(4-11)6-2-3-12-5-6/h6-7,11H,2-5H2,1H3. The molecule has 0 aromatic rings. The second kappa shape index (κ2) is 5.02. The van der Waals surface area contributed by atoms with Crippen LogP contribution in [0.4, 0.5) is 0 Å². The molecule has 0 aromatic heterocycles. The molecule has 2 atom stereocenters. The summed E-state index contributed by atoms with van der Waals surface area (Å²) in [6.07, 6.45) is 1.13. The first kappa shape index (κ1) is 10.3. The largest absolute Gasteiger partial charge is 0.469 e. The average molecular weight is 206 g/mol. The SMILES string of the molecule is COC(=O)C(CS)C1CCSC1. The van der Waals surface area contributed by atoms with Crippen molar-refractivity contribution in [1.29, 1.82) is 0 Å². The fourth-order valence-electron chi connectivity index (χ4n) is 1.44. The number of hydrogen-bond donors (Lipinski definition) is 1. The van der Waals surface area contributed by atoms with Crippen LogP contribution < -0.4 is 0 Å². The number of carbonyl (C=O) groups is 1. The van der Waals surface area contributed by atoms with Gasteiger partial charge in [-0.25, -0.2) is 0 Å². The number of esters is 1. The average Bonchev–Trinajstić information content (AvgIpc) is 2.58. The van der Waals surface area contributed by atoms with Gasteiger partial charge in [0.15, 0.2) is 0 Å². The van der Waals surface area contributed by atoms with Crippen molar-refractivity contribution in [2.45, 2.75) is 6.42 Å². The van der Waals surface area contributed by atoms with Crippen LogP contribution in [0.25, 0.3) is 0 Å². The maximum Gasteiger partial charge on any atom is 0.309 e. The zero-order valence-electron chi connectivity index (χ0n) is 7.16. The Morgan fingerprint density at radius 2 is 2.58 bits per heavy atom. The Bertz CT molecular complexity index is 155. The molecule has 0 saturated carbocycles. The second-order valence-corrected chi connectivity index (χ2v) is 4.45. The maximum atomic E-state index is 11.2. The van der Waals surface area contributed by atoms with Gasteiger partial charge in [0, 0.05) is 5.75 Å². The van der Waals surface area contributed by atoms with Crippen LogP contribution in [0.2, 0.25) is 0 Å². The molecular formula is C8H14O2S2. The summed E-state index contributed by atoms with van der Waals surface area (Å²) in [6.45, 7) is 0. The van der Waals surface area contributed by atoms with E-state index in [2.05, 4.69) is 12.6 Å². The molecular weight excluding hydrogens is 192 g/mol. The Kier molecular flexibility index (Phi) is 4.29. The van der Waals surface area contributed by atoms with Crippen molar-refractivity contribution in [2.24, 2.45) is 11.8 Å². The molecule has 1 aliphatic rings. The number of ether oxygens (including phenoxy) is 1. The maximum absolute atomic E-state index is 11.2. The van der Waals surface area contributed by atoms with Crippen LogP contribution in [0.15, 0.2) is 0 Å². The van der Waals surface area contributed by atoms with Gasteiger partial charge in [-0.05, 0) is 23.8 Å². The molecule has 1 rings (SSSR count). The third-order valence-electron chi connectivity index (χ3n) is 2.23. The Morgan fingerprint density at radius 3 is 3.00 bits per heavy atom. The topological polar surface area (TPSA) is 26.3 Å². The van der Waals surface area contributed by atoms with Gasteiger partial charge in [-0.2, -0.15) is 24.4 Å². The lowest BCUT2D eigenvalue weighted by Gasteiger charge is -2.17. The molecule has 2 unspecified atom stereocenters. The molecule has 1 heterocycles. The van der Waals surface area contributed by atoms with E-state index in [0.717, 1.165) is 12.2 Å². The summed E-state index contributed by atoms with van der Waals surface area (Å²) in [5.41, 5.74) is 0. The van der Waals surface area contributed by atoms with Gasteiger partial charge in [0.05, 0.1) is 13.0 Å². The first-order valence-corrected chi connectivity index (χ1v) is 5.84. The van der Waals surface area contributed by atoms with Crippen molar-refractivity contribution in [3.8, 4) is 0 Å². The van der Waals surface area contributed by atoms with Crippen molar-refractivity contribution in [1.82, 2.24) is 0 Å². The van der Waals surface area contributed by atoms with Gasteiger partial charge in [0.2, 0.25) is 0 Å². The third kappa shape index (κ3) is 2.33. The van der Waals surface area contributed by atoms with Gasteiger partial charge >= 0.3 is 5.97 Å². The van der Waals surface area contributed by atoms with E-state index in [1.165, 1.54) is 12.9 Å². The van der Waals surface area contributed by atoms with E-state index in [4.69, 9.17) is 4.74 Å². The fraction of sp³-hybridized carbons (Fsp3) is 0.875. The summed E-state index contributed by atoms with van der Waals surface area (Å²) in [5.74, 6) is 3.26. The molecule has 0 aliphatic carbocycles. The van der Waals surface area contributed by atoms with Crippen molar-refractivity contribution < 1.29 is 9.53 Å². The molecule has 4 heteroatoms. The van der Waals surface area contributed by atoms with E-state index in [0.29, 0.717) is 11.7 Å². The highest BCUT2D eigenvalue weighted by molar-refractivity contribution is 7.99. The van der Waals surface area contributed by atoms with E-state index in [1.54, 1.807) is 0 Å². The quantitative estimate of drug-likeness (QED) is 0.559. The van der Waals surface area contributed by atoms with Gasteiger partial charge < -0.3 is 4.74 Å². The van der Waals surface area contributed by atoms with Crippen LogP contribution in [0.1, 0.15) is 6.42 Å². The molecule has 0 aromatic carbocycles. The number of thiol groups is 1. The fourth-order valence-corrected chi connectivity index (χ4v) is 3.22. The van der Waals surface area contributed by atoms with Crippen LogP contribution in [-0.2, 0) is 9.53 Å². The minimum absolute atomic E-state index is 0.00772. The number of hydrogen-bond acceptors (Lipinski definition) is 4. The molecule has 12 heavy (non-hydrogen) atoms. The van der Waals surface area contributed by atoms with Gasteiger partial charge in [-0.15, -0.1) is 0 Å². The predicted octanol–water partition coefficient (Wildman–Crippen LogP) is 1.46. The summed E-state index contributed by atoms with van der Waals surface area (Å²) in [5, 5.41) is 0. The minimum atomic E-state index is -0.0995. The molecule has 1 saturated heterocycles. The molecule has 1 fully saturated rings. The van der Waals surface area contributed by atoms with Crippen LogP contribution >= 0.6 is 24.4 Å². The lowest BCUT2D eigenvalue weighted by molar-refractivity contribution is -0.146. The lowest BCUT2D eigenvalue weighted by Crippen LogP contribution is -2.26. The zero-order chi connectivity index (χ0) is 8.97. The molecule has 2 nitrogen and oxygen atoms in total. The Morgan fingerprint density at radius 1 is 1.83 bits per heavy atom. The summed E-state index contributed by atoms with van der Waals surface area (Å²) in [6, 6.07) is 0. The summed E-state index contributed by atoms with van der Waals surface area (Å²) < 4.78 is 4.72. The number of carbonyl (C=O) groups excluding carboxylic acids is 1. The van der Waals surface area contributed by atoms with E-state index in [-0.39, 0.29) is 11.9 Å². The van der Waals surface area contributed by atoms with Gasteiger partial charge in [-0.1, -0.05) is 0 Å². The van der Waals surface area contributed by atoms with Crippen molar-refractivity contribution >= 4 is 30.4 Å². The normalized spacial score (nSPS) is 25.3. The second-order valence-electron chi connectivity index (χ2n) is 2.94. The summed E-state index contributed by atoms with van der Waals surface area (Å²) in [4.78, 5) is 11.2. The molecule has 0 amide bonds. The van der Waals surface area contributed by atoms with Crippen molar-refractivity contribution in [3.63, 3.8) is 0 Å². The number of thioether (sulfide) groups is 1. The van der Waals surface area contributed by atoms with Gasteiger partial charge in [0.25, 0.3) is 0 Å². The Labute approximate surface area is 82.8 Å². The minimum Gasteiger partial charge on any atom is -0.469 e. The predicted molar refractivity (Wildman–Crippen MR) is 54.8 cm³/mol. The van der Waals surface area contributed by atoms with E-state index in [1.807, 2.05) is 11.8 Å². The van der Waals surface area contributed by atoms with Crippen LogP contribution in [0.5, 0.6) is 0 Å². The van der Waals surface area contributed by atoms with Crippen LogP contribution in [-0.4, -0.2) is 30.3 Å². The summed E-state index contributed by atoms with van der Waals surface area (Å²) in [7, 11) is 1.45. The van der Waals surface area contributed by atoms with E-state index >= 15 is 0 Å². The summed E-state index contributed by atoms with van der Waals surface area (Å²) >= 11 is 6.09. The third-order valence-corrected chi connectivity index (χ3v) is 3.82. The number of methoxy groups -OCH3 is 1.